The number of ether oxygens (including phenoxy) is 2. The summed E-state index contributed by atoms with van der Waals surface area (Å²) in [7, 11) is 0. The summed E-state index contributed by atoms with van der Waals surface area (Å²) < 4.78 is 11.7. The fraction of sp³-hybridized carbons (Fsp3) is 0.571. The number of rotatable bonds is 8. The molecule has 0 fully saturated rings. The number of H-pyrrole nitrogens is 1. The van der Waals surface area contributed by atoms with E-state index in [0.717, 1.165) is 0 Å². The van der Waals surface area contributed by atoms with Crippen LogP contribution in [-0.2, 0) is 21.0 Å². The highest BCUT2D eigenvalue weighted by Crippen LogP contribution is 2.07. The average molecular weight is 354 g/mol. The molecule has 11 heteroatoms. The number of aliphatic hydroxyl groups excluding tert-OH is 1. The van der Waals surface area contributed by atoms with Crippen LogP contribution in [0.25, 0.3) is 11.2 Å². The fourth-order valence-corrected chi connectivity index (χ4v) is 1.95. The highest BCUT2D eigenvalue weighted by Gasteiger charge is 2.20. The minimum Gasteiger partial charge on any atom is -0.462 e. The summed E-state index contributed by atoms with van der Waals surface area (Å²) in [5.74, 6) is -0.667. The van der Waals surface area contributed by atoms with Gasteiger partial charge in [-0.25, -0.2) is 4.98 Å². The Bertz CT molecular complexity index is 786. The van der Waals surface area contributed by atoms with Gasteiger partial charge in [-0.15, -0.1) is 0 Å². The van der Waals surface area contributed by atoms with Gasteiger partial charge in [0, 0.05) is 0 Å². The van der Waals surface area contributed by atoms with E-state index < -0.39 is 23.7 Å². The topological polar surface area (TPSA) is 171 Å². The Hall–Kier alpha value is -2.50. The molecule has 2 aromatic rings. The molecule has 2 aromatic heterocycles. The van der Waals surface area contributed by atoms with Crippen LogP contribution >= 0.6 is 0 Å². The zero-order valence-electron chi connectivity index (χ0n) is 14.0. The number of nitrogens with zero attached hydrogens (tertiary/aromatic N) is 3. The predicted octanol–water partition coefficient (Wildman–Crippen LogP) is -1.44. The lowest BCUT2D eigenvalue weighted by molar-refractivity contribution is -0.150. The van der Waals surface area contributed by atoms with Gasteiger partial charge in [0.1, 0.15) is 25.5 Å². The summed E-state index contributed by atoms with van der Waals surface area (Å²) in [6.07, 6.45) is 0.361. The van der Waals surface area contributed by atoms with Gasteiger partial charge in [-0.2, -0.15) is 4.98 Å². The van der Waals surface area contributed by atoms with E-state index >= 15 is 0 Å². The van der Waals surface area contributed by atoms with Crippen LogP contribution in [0, 0.1) is 5.92 Å². The number of aliphatic hydroxyl groups is 1. The Morgan fingerprint density at radius 2 is 2.16 bits per heavy atom. The molecule has 0 spiro atoms. The van der Waals surface area contributed by atoms with Gasteiger partial charge in [-0.05, 0) is 5.92 Å². The molecule has 11 nitrogen and oxygen atoms in total. The van der Waals surface area contributed by atoms with Crippen LogP contribution in [0.5, 0.6) is 0 Å². The number of carbonyl (C=O) groups is 1. The van der Waals surface area contributed by atoms with Crippen molar-refractivity contribution < 1.29 is 19.4 Å². The van der Waals surface area contributed by atoms with Gasteiger partial charge in [-0.3, -0.25) is 19.1 Å². The lowest BCUT2D eigenvalue weighted by Crippen LogP contribution is -2.38. The monoisotopic (exact) mass is 354 g/mol. The first-order chi connectivity index (χ1) is 11.8. The van der Waals surface area contributed by atoms with E-state index in [0.29, 0.717) is 0 Å². The van der Waals surface area contributed by atoms with Crippen molar-refractivity contribution in [1.29, 1.82) is 0 Å². The van der Waals surface area contributed by atoms with E-state index in [4.69, 9.17) is 20.9 Å². The zero-order chi connectivity index (χ0) is 18.6. The summed E-state index contributed by atoms with van der Waals surface area (Å²) in [5.41, 5.74) is 11.1. The first-order valence-corrected chi connectivity index (χ1v) is 7.68. The third-order valence-corrected chi connectivity index (χ3v) is 3.44. The Labute approximate surface area is 142 Å². The summed E-state index contributed by atoms with van der Waals surface area (Å²) in [4.78, 5) is 33.5. The van der Waals surface area contributed by atoms with Crippen LogP contribution in [0.4, 0.5) is 5.95 Å². The van der Waals surface area contributed by atoms with E-state index in [1.807, 2.05) is 0 Å². The van der Waals surface area contributed by atoms with Gasteiger partial charge in [0.2, 0.25) is 5.95 Å². The maximum absolute atomic E-state index is 11.7. The largest absolute Gasteiger partial charge is 0.462 e. The number of esters is 1. The molecule has 0 saturated heterocycles. The molecule has 2 atom stereocenters. The lowest BCUT2D eigenvalue weighted by atomic mass is 10.1. The number of anilines is 1. The molecule has 0 amide bonds. The maximum atomic E-state index is 11.7. The second kappa shape index (κ2) is 8.05. The van der Waals surface area contributed by atoms with Gasteiger partial charge in [0.05, 0.1) is 12.9 Å². The van der Waals surface area contributed by atoms with Crippen molar-refractivity contribution in [1.82, 2.24) is 19.5 Å². The minimum atomic E-state index is -1.01. The van der Waals surface area contributed by atoms with Crippen molar-refractivity contribution in [2.45, 2.75) is 32.7 Å². The molecule has 6 N–H and O–H groups in total. The molecule has 0 aliphatic heterocycles. The summed E-state index contributed by atoms with van der Waals surface area (Å²) in [6.45, 7) is 3.26. The highest BCUT2D eigenvalue weighted by atomic mass is 16.6. The summed E-state index contributed by atoms with van der Waals surface area (Å²) in [6, 6.07) is -0.736. The number of carbonyl (C=O) groups excluding carboxylic acids is 1. The molecule has 0 aromatic carbocycles. The van der Waals surface area contributed by atoms with Crippen LogP contribution in [0.1, 0.15) is 13.8 Å². The summed E-state index contributed by atoms with van der Waals surface area (Å²) in [5, 5.41) is 9.79. The smallest absolute Gasteiger partial charge is 0.323 e. The fourth-order valence-electron chi connectivity index (χ4n) is 1.95. The number of fused-ring (bicyclic) bond motifs is 1. The molecule has 25 heavy (non-hydrogen) atoms. The molecular formula is C14H22N6O5. The van der Waals surface area contributed by atoms with E-state index in [-0.39, 0.29) is 43.0 Å². The van der Waals surface area contributed by atoms with Crippen molar-refractivity contribution in [3.63, 3.8) is 0 Å². The first-order valence-electron chi connectivity index (χ1n) is 7.68. The molecule has 2 rings (SSSR count). The highest BCUT2D eigenvalue weighted by molar-refractivity contribution is 5.75. The second-order valence-electron chi connectivity index (χ2n) is 5.89. The van der Waals surface area contributed by atoms with Crippen LogP contribution in [0.2, 0.25) is 0 Å². The number of imidazole rings is 1. The van der Waals surface area contributed by atoms with Crippen molar-refractivity contribution in [2.24, 2.45) is 11.7 Å². The molecule has 0 saturated carbocycles. The molecule has 0 aliphatic rings. The lowest BCUT2D eigenvalue weighted by Gasteiger charge is -2.16. The molecular weight excluding hydrogens is 332 g/mol. The number of hydrogen-bond acceptors (Lipinski definition) is 9. The van der Waals surface area contributed by atoms with Gasteiger partial charge in [0.15, 0.2) is 11.2 Å². The van der Waals surface area contributed by atoms with Crippen molar-refractivity contribution in [3.05, 3.63) is 16.7 Å². The number of nitrogen functional groups attached to an aromatic ring is 1. The molecule has 0 bridgehead atoms. The number of aromatic nitrogens is 4. The molecule has 138 valence electrons. The number of nitrogens with one attached hydrogen (secondary N) is 1. The third kappa shape index (κ3) is 4.75. The Morgan fingerprint density at radius 3 is 2.84 bits per heavy atom. The zero-order valence-corrected chi connectivity index (χ0v) is 14.0. The van der Waals surface area contributed by atoms with Crippen LogP contribution < -0.4 is 17.0 Å². The average Bonchev–Trinajstić information content (AvgIpc) is 2.95. The third-order valence-electron chi connectivity index (χ3n) is 3.44. The van der Waals surface area contributed by atoms with Gasteiger partial charge < -0.3 is 26.0 Å². The number of nitrogens with two attached hydrogens (primary N) is 2. The van der Waals surface area contributed by atoms with E-state index in [9.17, 15) is 14.7 Å². The molecule has 2 heterocycles. The second-order valence-corrected chi connectivity index (χ2v) is 5.89. The Balaban J connectivity index is 1.83. The number of aromatic amines is 1. The summed E-state index contributed by atoms with van der Waals surface area (Å²) >= 11 is 0. The van der Waals surface area contributed by atoms with Crippen LogP contribution in [0.3, 0.4) is 0 Å². The van der Waals surface area contributed by atoms with E-state index in [1.54, 1.807) is 13.8 Å². The normalized spacial score (nSPS) is 14.0. The predicted molar refractivity (Wildman–Crippen MR) is 88.3 cm³/mol. The SMILES string of the molecule is CC(C)[C@@H](N)C(=O)OC[C@@H](O)COCn1cnc2c(=O)[nH]c(N)nc21. The van der Waals surface area contributed by atoms with Gasteiger partial charge in [-0.1, -0.05) is 13.8 Å². The van der Waals surface area contributed by atoms with Crippen molar-refractivity contribution in [3.8, 4) is 0 Å². The quantitative estimate of drug-likeness (QED) is 0.414. The van der Waals surface area contributed by atoms with Gasteiger partial charge in [0.25, 0.3) is 5.56 Å². The first kappa shape index (κ1) is 18.8. The van der Waals surface area contributed by atoms with Crippen molar-refractivity contribution in [2.75, 3.05) is 18.9 Å². The standard InChI is InChI=1S/C14H22N6O5/c1-7(2)9(15)13(23)25-4-8(21)3-24-6-20-5-17-10-11(20)18-14(16)19-12(10)22/h5,7-9,21H,3-4,6,15H2,1-2H3,(H3,16,18,19,22)/t8-,9+/m0/s1. The van der Waals surface area contributed by atoms with Crippen LogP contribution in [-0.4, -0.2) is 56.0 Å². The van der Waals surface area contributed by atoms with E-state index in [1.165, 1.54) is 10.9 Å². The molecule has 0 radical (unpaired) electrons. The Kier molecular flexibility index (Phi) is 6.07. The van der Waals surface area contributed by atoms with E-state index in [2.05, 4.69) is 15.0 Å². The number of hydrogen-bond donors (Lipinski definition) is 4. The van der Waals surface area contributed by atoms with Crippen LogP contribution in [0.15, 0.2) is 11.1 Å². The molecule has 0 aliphatic carbocycles. The van der Waals surface area contributed by atoms with Gasteiger partial charge >= 0.3 is 5.97 Å². The maximum Gasteiger partial charge on any atom is 0.323 e. The molecule has 0 unspecified atom stereocenters. The van der Waals surface area contributed by atoms with Crippen molar-refractivity contribution >= 4 is 23.1 Å². The minimum absolute atomic E-state index is 0.0110. The Morgan fingerprint density at radius 1 is 1.44 bits per heavy atom.